The van der Waals surface area contributed by atoms with Gasteiger partial charge in [0, 0.05) is 43.3 Å². The Kier molecular flexibility index (Phi) is 7.17. The highest BCUT2D eigenvalue weighted by Gasteiger charge is 2.23. The number of para-hydroxylation sites is 3. The molecule has 0 bridgehead atoms. The summed E-state index contributed by atoms with van der Waals surface area (Å²) in [6.07, 6.45) is 3.80. The fraction of sp³-hybridized carbons (Fsp3) is 0.385. The molecule has 174 valence electrons. The van der Waals surface area contributed by atoms with E-state index in [4.69, 9.17) is 9.72 Å². The van der Waals surface area contributed by atoms with Gasteiger partial charge in [0.25, 0.3) is 0 Å². The molecule has 7 nitrogen and oxygen atoms in total. The zero-order valence-electron chi connectivity index (χ0n) is 19.6. The quantitative estimate of drug-likeness (QED) is 0.461. The summed E-state index contributed by atoms with van der Waals surface area (Å²) in [5.74, 6) is 1.59. The number of hydrogen-bond donors (Lipinski definition) is 3. The molecule has 0 aliphatic heterocycles. The summed E-state index contributed by atoms with van der Waals surface area (Å²) in [4.78, 5) is 19.5. The van der Waals surface area contributed by atoms with Gasteiger partial charge < -0.3 is 25.6 Å². The van der Waals surface area contributed by atoms with Gasteiger partial charge in [-0.1, -0.05) is 30.3 Å². The first-order valence-electron chi connectivity index (χ1n) is 11.7. The molecule has 4 rings (SSSR count). The van der Waals surface area contributed by atoms with Crippen LogP contribution in [0.1, 0.15) is 32.6 Å². The number of nitrogens with zero attached hydrogens (tertiary/aromatic N) is 2. The largest absolute Gasteiger partial charge is 0.492 e. The molecule has 3 N–H and O–H groups in total. The second-order valence-electron chi connectivity index (χ2n) is 8.66. The zero-order chi connectivity index (χ0) is 23.2. The van der Waals surface area contributed by atoms with Crippen LogP contribution < -0.4 is 25.6 Å². The second kappa shape index (κ2) is 10.4. The number of pyridine rings is 1. The Morgan fingerprint density at radius 2 is 1.73 bits per heavy atom. The molecule has 1 saturated carbocycles. The van der Waals surface area contributed by atoms with Crippen molar-refractivity contribution in [2.24, 2.45) is 0 Å². The van der Waals surface area contributed by atoms with Crippen LogP contribution in [0, 0.1) is 0 Å². The van der Waals surface area contributed by atoms with Crippen LogP contribution in [0.3, 0.4) is 0 Å². The lowest BCUT2D eigenvalue weighted by molar-refractivity contribution is 0.243. The average Bonchev–Trinajstić information content (AvgIpc) is 2.81. The van der Waals surface area contributed by atoms with Crippen molar-refractivity contribution < 1.29 is 9.53 Å². The number of urea groups is 1. The number of nitrogens with one attached hydrogen (secondary N) is 3. The topological polar surface area (TPSA) is 78.5 Å². The Balaban J connectivity index is 1.32. The number of anilines is 3. The van der Waals surface area contributed by atoms with E-state index in [0.717, 1.165) is 48.1 Å². The maximum absolute atomic E-state index is 12.5. The van der Waals surface area contributed by atoms with Gasteiger partial charge >= 0.3 is 6.03 Å². The Morgan fingerprint density at radius 1 is 1.03 bits per heavy atom. The number of carbonyl (C=O) groups excluding carboxylic acids is 1. The van der Waals surface area contributed by atoms with E-state index in [2.05, 4.69) is 53.1 Å². The lowest BCUT2D eigenvalue weighted by atomic mass is 9.91. The molecule has 33 heavy (non-hydrogen) atoms. The first-order valence-corrected chi connectivity index (χ1v) is 11.7. The molecular weight excluding hydrogens is 414 g/mol. The van der Waals surface area contributed by atoms with Crippen molar-refractivity contribution in [1.82, 2.24) is 10.3 Å². The van der Waals surface area contributed by atoms with Crippen LogP contribution in [-0.2, 0) is 0 Å². The van der Waals surface area contributed by atoms with Gasteiger partial charge in [-0.25, -0.2) is 9.78 Å². The molecule has 2 aromatic carbocycles. The van der Waals surface area contributed by atoms with E-state index in [-0.39, 0.29) is 12.1 Å². The van der Waals surface area contributed by atoms with Crippen molar-refractivity contribution in [2.75, 3.05) is 36.2 Å². The Bertz CT molecular complexity index is 1090. The van der Waals surface area contributed by atoms with Crippen molar-refractivity contribution in [3.63, 3.8) is 0 Å². The molecule has 1 aromatic heterocycles. The summed E-state index contributed by atoms with van der Waals surface area (Å²) < 4.78 is 5.59. The summed E-state index contributed by atoms with van der Waals surface area (Å²) in [6, 6.07) is 18.1. The third-order valence-electron chi connectivity index (χ3n) is 6.03. The van der Waals surface area contributed by atoms with E-state index in [1.54, 1.807) is 0 Å². The van der Waals surface area contributed by atoms with Gasteiger partial charge in [-0.3, -0.25) is 0 Å². The van der Waals surface area contributed by atoms with Crippen LogP contribution in [-0.4, -0.2) is 43.8 Å². The van der Waals surface area contributed by atoms with Crippen molar-refractivity contribution in [1.29, 1.82) is 0 Å². The van der Waals surface area contributed by atoms with Crippen LogP contribution >= 0.6 is 0 Å². The number of benzene rings is 2. The van der Waals surface area contributed by atoms with Crippen LogP contribution in [0.5, 0.6) is 5.75 Å². The number of fused-ring (bicyclic) bond motifs is 1. The maximum Gasteiger partial charge on any atom is 0.319 e. The predicted molar refractivity (Wildman–Crippen MR) is 136 cm³/mol. The predicted octanol–water partition coefficient (Wildman–Crippen LogP) is 5.24. The number of hydrogen-bond acceptors (Lipinski definition) is 5. The SMILES string of the molecule is CCOc1ccccc1NC(=O)NC1CCC(Nc2cc(N(C)C)c3ccccc3n2)CC1. The first-order chi connectivity index (χ1) is 16.0. The maximum atomic E-state index is 12.5. The highest BCUT2D eigenvalue weighted by atomic mass is 16.5. The molecule has 0 spiro atoms. The number of carbonyl (C=O) groups is 1. The molecule has 2 amide bonds. The number of ether oxygens (including phenoxy) is 1. The van der Waals surface area contributed by atoms with E-state index in [0.29, 0.717) is 24.1 Å². The molecule has 0 saturated heterocycles. The summed E-state index contributed by atoms with van der Waals surface area (Å²) in [5, 5.41) is 10.8. The molecule has 7 heteroatoms. The van der Waals surface area contributed by atoms with E-state index in [1.165, 1.54) is 0 Å². The van der Waals surface area contributed by atoms with Gasteiger partial charge in [-0.15, -0.1) is 0 Å². The van der Waals surface area contributed by atoms with Gasteiger partial charge in [-0.2, -0.15) is 0 Å². The lowest BCUT2D eigenvalue weighted by Gasteiger charge is -2.30. The standard InChI is InChI=1S/C26H33N5O2/c1-4-33-24-12-8-7-11-22(24)30-26(32)28-19-15-13-18(14-16-19)27-25-17-23(31(2)3)20-9-5-6-10-21(20)29-25/h5-12,17-19H,4,13-16H2,1-3H3,(H,27,29)(H2,28,30,32). The summed E-state index contributed by atoms with van der Waals surface area (Å²) in [5.41, 5.74) is 2.83. The molecule has 1 aliphatic rings. The van der Waals surface area contributed by atoms with Gasteiger partial charge in [0.05, 0.1) is 17.8 Å². The fourth-order valence-corrected chi connectivity index (χ4v) is 4.39. The normalized spacial score (nSPS) is 17.9. The van der Waals surface area contributed by atoms with Crippen LogP contribution in [0.2, 0.25) is 0 Å². The fourth-order valence-electron chi connectivity index (χ4n) is 4.39. The molecule has 0 unspecified atom stereocenters. The van der Waals surface area contributed by atoms with Crippen LogP contribution in [0.15, 0.2) is 54.6 Å². The molecule has 1 heterocycles. The first kappa shape index (κ1) is 22.7. The second-order valence-corrected chi connectivity index (χ2v) is 8.66. The number of aromatic nitrogens is 1. The lowest BCUT2D eigenvalue weighted by Crippen LogP contribution is -2.42. The summed E-state index contributed by atoms with van der Waals surface area (Å²) in [7, 11) is 4.11. The summed E-state index contributed by atoms with van der Waals surface area (Å²) >= 11 is 0. The Hall–Kier alpha value is -3.48. The Labute approximate surface area is 195 Å². The molecular formula is C26H33N5O2. The van der Waals surface area contributed by atoms with Crippen molar-refractivity contribution in [2.45, 2.75) is 44.7 Å². The minimum atomic E-state index is -0.189. The van der Waals surface area contributed by atoms with Crippen molar-refractivity contribution in [3.8, 4) is 5.75 Å². The van der Waals surface area contributed by atoms with Gasteiger partial charge in [0.15, 0.2) is 0 Å². The third kappa shape index (κ3) is 5.66. The number of amides is 2. The van der Waals surface area contributed by atoms with Gasteiger partial charge in [0.2, 0.25) is 0 Å². The smallest absolute Gasteiger partial charge is 0.319 e. The molecule has 1 aliphatic carbocycles. The van der Waals surface area contributed by atoms with Gasteiger partial charge in [-0.05, 0) is 50.8 Å². The Morgan fingerprint density at radius 3 is 2.48 bits per heavy atom. The summed E-state index contributed by atoms with van der Waals surface area (Å²) in [6.45, 7) is 2.48. The van der Waals surface area contributed by atoms with Gasteiger partial charge in [0.1, 0.15) is 11.6 Å². The number of rotatable bonds is 7. The van der Waals surface area contributed by atoms with E-state index >= 15 is 0 Å². The minimum Gasteiger partial charge on any atom is -0.492 e. The molecule has 0 radical (unpaired) electrons. The highest BCUT2D eigenvalue weighted by molar-refractivity contribution is 5.93. The zero-order valence-corrected chi connectivity index (χ0v) is 19.6. The van der Waals surface area contributed by atoms with E-state index < -0.39 is 0 Å². The van der Waals surface area contributed by atoms with Crippen LogP contribution in [0.25, 0.3) is 10.9 Å². The highest BCUT2D eigenvalue weighted by Crippen LogP contribution is 2.29. The molecule has 3 aromatic rings. The molecule has 1 fully saturated rings. The average molecular weight is 448 g/mol. The van der Waals surface area contributed by atoms with E-state index in [9.17, 15) is 4.79 Å². The van der Waals surface area contributed by atoms with Crippen molar-refractivity contribution >= 4 is 34.1 Å². The van der Waals surface area contributed by atoms with Crippen molar-refractivity contribution in [3.05, 3.63) is 54.6 Å². The van der Waals surface area contributed by atoms with Crippen LogP contribution in [0.4, 0.5) is 22.0 Å². The third-order valence-corrected chi connectivity index (χ3v) is 6.03. The minimum absolute atomic E-state index is 0.157. The monoisotopic (exact) mass is 447 g/mol. The molecule has 0 atom stereocenters. The van der Waals surface area contributed by atoms with E-state index in [1.807, 2.05) is 43.3 Å².